The predicted octanol–water partition coefficient (Wildman–Crippen LogP) is 1.07. The summed E-state index contributed by atoms with van der Waals surface area (Å²) in [5.41, 5.74) is 7.74. The predicted molar refractivity (Wildman–Crippen MR) is 61.2 cm³/mol. The SMILES string of the molecule is CC(=O)c1cc(C2CNC(=O)C2)ccc1N. The van der Waals surface area contributed by atoms with Crippen molar-refractivity contribution < 1.29 is 9.59 Å². The standard InChI is InChI=1S/C12H14N2O2/c1-7(15)10-4-8(2-3-11(10)13)9-5-12(16)14-6-9/h2-4,9H,5-6,13H2,1H3,(H,14,16). The van der Waals surface area contributed by atoms with Gasteiger partial charge in [-0.05, 0) is 24.6 Å². The quantitative estimate of drug-likeness (QED) is 0.576. The number of hydrogen-bond acceptors (Lipinski definition) is 3. The Labute approximate surface area is 93.8 Å². The van der Waals surface area contributed by atoms with E-state index in [4.69, 9.17) is 5.73 Å². The highest BCUT2D eigenvalue weighted by Crippen LogP contribution is 2.26. The second kappa shape index (κ2) is 3.96. The molecule has 2 rings (SSSR count). The number of hydrogen-bond donors (Lipinski definition) is 2. The van der Waals surface area contributed by atoms with Crippen molar-refractivity contribution in [3.05, 3.63) is 29.3 Å². The molecule has 1 aliphatic rings. The van der Waals surface area contributed by atoms with Gasteiger partial charge in [0, 0.05) is 30.1 Å². The normalized spacial score (nSPS) is 19.6. The molecule has 3 N–H and O–H groups in total. The number of nitrogen functional groups attached to an aromatic ring is 1. The van der Waals surface area contributed by atoms with E-state index in [9.17, 15) is 9.59 Å². The Morgan fingerprint density at radius 1 is 1.50 bits per heavy atom. The zero-order chi connectivity index (χ0) is 11.7. The van der Waals surface area contributed by atoms with Crippen LogP contribution in [0, 0.1) is 0 Å². The Balaban J connectivity index is 2.32. The lowest BCUT2D eigenvalue weighted by Gasteiger charge is -2.10. The minimum absolute atomic E-state index is 0.0448. The van der Waals surface area contributed by atoms with Crippen molar-refractivity contribution in [1.29, 1.82) is 0 Å². The van der Waals surface area contributed by atoms with Crippen molar-refractivity contribution in [1.82, 2.24) is 5.32 Å². The fourth-order valence-corrected chi connectivity index (χ4v) is 1.97. The summed E-state index contributed by atoms with van der Waals surface area (Å²) in [7, 11) is 0. The minimum atomic E-state index is -0.0448. The van der Waals surface area contributed by atoms with Crippen LogP contribution >= 0.6 is 0 Å². The van der Waals surface area contributed by atoms with Gasteiger partial charge in [-0.2, -0.15) is 0 Å². The van der Waals surface area contributed by atoms with Crippen molar-refractivity contribution >= 4 is 17.4 Å². The molecular formula is C12H14N2O2. The number of carbonyl (C=O) groups is 2. The van der Waals surface area contributed by atoms with E-state index in [1.807, 2.05) is 6.07 Å². The Kier molecular flexibility index (Phi) is 2.64. The van der Waals surface area contributed by atoms with Crippen LogP contribution in [0.25, 0.3) is 0 Å². The van der Waals surface area contributed by atoms with Crippen molar-refractivity contribution in [2.24, 2.45) is 0 Å². The molecule has 1 saturated heterocycles. The molecule has 0 spiro atoms. The van der Waals surface area contributed by atoms with Gasteiger partial charge in [-0.25, -0.2) is 0 Å². The molecule has 1 heterocycles. The minimum Gasteiger partial charge on any atom is -0.398 e. The largest absolute Gasteiger partial charge is 0.398 e. The second-order valence-electron chi connectivity index (χ2n) is 4.11. The van der Waals surface area contributed by atoms with E-state index in [0.29, 0.717) is 24.2 Å². The van der Waals surface area contributed by atoms with Crippen molar-refractivity contribution in [3.8, 4) is 0 Å². The summed E-state index contributed by atoms with van der Waals surface area (Å²) in [5, 5.41) is 2.78. The zero-order valence-corrected chi connectivity index (χ0v) is 9.12. The first-order valence-electron chi connectivity index (χ1n) is 5.25. The number of Topliss-reactive ketones (excluding diaryl/α,β-unsaturated/α-hetero) is 1. The van der Waals surface area contributed by atoms with Gasteiger partial charge >= 0.3 is 0 Å². The maximum Gasteiger partial charge on any atom is 0.220 e. The van der Waals surface area contributed by atoms with E-state index in [1.54, 1.807) is 12.1 Å². The lowest BCUT2D eigenvalue weighted by molar-refractivity contribution is -0.119. The summed E-state index contributed by atoms with van der Waals surface area (Å²) in [5.74, 6) is 0.175. The first kappa shape index (κ1) is 10.7. The zero-order valence-electron chi connectivity index (χ0n) is 9.12. The smallest absolute Gasteiger partial charge is 0.220 e. The molecule has 84 valence electrons. The average Bonchev–Trinajstić information content (AvgIpc) is 2.65. The molecule has 1 amide bonds. The van der Waals surface area contributed by atoms with Gasteiger partial charge in [0.05, 0.1) is 0 Å². The molecule has 1 fully saturated rings. The molecule has 1 unspecified atom stereocenters. The molecule has 1 aromatic carbocycles. The number of anilines is 1. The highest BCUT2D eigenvalue weighted by Gasteiger charge is 2.23. The molecular weight excluding hydrogens is 204 g/mol. The van der Waals surface area contributed by atoms with Gasteiger partial charge < -0.3 is 11.1 Å². The monoisotopic (exact) mass is 218 g/mol. The van der Waals surface area contributed by atoms with Crippen LogP contribution in [-0.2, 0) is 4.79 Å². The summed E-state index contributed by atoms with van der Waals surface area (Å²) in [6.07, 6.45) is 0.487. The average molecular weight is 218 g/mol. The molecule has 16 heavy (non-hydrogen) atoms. The van der Waals surface area contributed by atoms with E-state index in [2.05, 4.69) is 5.32 Å². The van der Waals surface area contributed by atoms with Gasteiger partial charge in [0.15, 0.2) is 5.78 Å². The van der Waals surface area contributed by atoms with Crippen molar-refractivity contribution in [3.63, 3.8) is 0 Å². The Bertz CT molecular complexity index is 454. The first-order chi connectivity index (χ1) is 7.58. The van der Waals surface area contributed by atoms with Gasteiger partial charge in [0.25, 0.3) is 0 Å². The molecule has 0 radical (unpaired) electrons. The Morgan fingerprint density at radius 3 is 2.81 bits per heavy atom. The van der Waals surface area contributed by atoms with Gasteiger partial charge in [-0.1, -0.05) is 6.07 Å². The number of ketones is 1. The summed E-state index contributed by atoms with van der Waals surface area (Å²) in [4.78, 5) is 22.4. The van der Waals surface area contributed by atoms with Crippen LogP contribution in [0.2, 0.25) is 0 Å². The number of carbonyl (C=O) groups excluding carboxylic acids is 2. The van der Waals surface area contributed by atoms with Crippen LogP contribution in [0.3, 0.4) is 0 Å². The van der Waals surface area contributed by atoms with E-state index in [-0.39, 0.29) is 17.6 Å². The molecule has 1 atom stereocenters. The third-order valence-corrected chi connectivity index (χ3v) is 2.91. The number of rotatable bonds is 2. The van der Waals surface area contributed by atoms with E-state index >= 15 is 0 Å². The van der Waals surface area contributed by atoms with Crippen LogP contribution < -0.4 is 11.1 Å². The molecule has 4 nitrogen and oxygen atoms in total. The van der Waals surface area contributed by atoms with Crippen LogP contribution in [0.4, 0.5) is 5.69 Å². The molecule has 0 aromatic heterocycles. The van der Waals surface area contributed by atoms with Gasteiger partial charge in [-0.3, -0.25) is 9.59 Å². The van der Waals surface area contributed by atoms with E-state index < -0.39 is 0 Å². The third kappa shape index (κ3) is 1.91. The molecule has 0 bridgehead atoms. The van der Waals surface area contributed by atoms with Crippen molar-refractivity contribution in [2.45, 2.75) is 19.3 Å². The summed E-state index contributed by atoms with van der Waals surface area (Å²) >= 11 is 0. The fraction of sp³-hybridized carbons (Fsp3) is 0.333. The van der Waals surface area contributed by atoms with Gasteiger partial charge in [-0.15, -0.1) is 0 Å². The number of amides is 1. The van der Waals surface area contributed by atoms with Crippen LogP contribution in [0.1, 0.15) is 35.2 Å². The van der Waals surface area contributed by atoms with Crippen molar-refractivity contribution in [2.75, 3.05) is 12.3 Å². The number of nitrogens with two attached hydrogens (primary N) is 1. The molecule has 0 aliphatic carbocycles. The van der Waals surface area contributed by atoms with Gasteiger partial charge in [0.2, 0.25) is 5.91 Å². The molecule has 0 saturated carbocycles. The van der Waals surface area contributed by atoms with Crippen LogP contribution in [-0.4, -0.2) is 18.2 Å². The molecule has 1 aliphatic heterocycles. The van der Waals surface area contributed by atoms with Crippen LogP contribution in [0.15, 0.2) is 18.2 Å². The topological polar surface area (TPSA) is 72.2 Å². The second-order valence-corrected chi connectivity index (χ2v) is 4.11. The number of nitrogens with one attached hydrogen (secondary N) is 1. The molecule has 1 aromatic rings. The summed E-state index contributed by atoms with van der Waals surface area (Å²) in [6, 6.07) is 5.41. The number of benzene rings is 1. The highest BCUT2D eigenvalue weighted by atomic mass is 16.1. The maximum atomic E-state index is 11.3. The van der Waals surface area contributed by atoms with E-state index in [1.165, 1.54) is 6.92 Å². The Morgan fingerprint density at radius 2 is 2.25 bits per heavy atom. The Hall–Kier alpha value is -1.84. The van der Waals surface area contributed by atoms with E-state index in [0.717, 1.165) is 5.56 Å². The highest BCUT2D eigenvalue weighted by molar-refractivity contribution is 5.99. The lowest BCUT2D eigenvalue weighted by Crippen LogP contribution is -2.13. The lowest BCUT2D eigenvalue weighted by atomic mass is 9.95. The summed E-state index contributed by atoms with van der Waals surface area (Å²) in [6.45, 7) is 2.13. The fourth-order valence-electron chi connectivity index (χ4n) is 1.97. The first-order valence-corrected chi connectivity index (χ1v) is 5.25. The maximum absolute atomic E-state index is 11.3. The summed E-state index contributed by atoms with van der Waals surface area (Å²) < 4.78 is 0. The third-order valence-electron chi connectivity index (χ3n) is 2.91. The molecule has 4 heteroatoms. The van der Waals surface area contributed by atoms with Crippen LogP contribution in [0.5, 0.6) is 0 Å². The van der Waals surface area contributed by atoms with Gasteiger partial charge in [0.1, 0.15) is 0 Å².